The summed E-state index contributed by atoms with van der Waals surface area (Å²) in [5.41, 5.74) is 0.401. The molecule has 1 saturated heterocycles. The van der Waals surface area contributed by atoms with Gasteiger partial charge < -0.3 is 5.11 Å². The number of amides is 2. The van der Waals surface area contributed by atoms with Crippen molar-refractivity contribution >= 4 is 29.5 Å². The number of imide groups is 1. The highest BCUT2D eigenvalue weighted by atomic mass is 16.4. The molecule has 0 spiro atoms. The third-order valence-corrected chi connectivity index (χ3v) is 3.17. The van der Waals surface area contributed by atoms with E-state index in [1.807, 2.05) is 0 Å². The average Bonchev–Trinajstić information content (AvgIpc) is 2.56. The molecule has 1 aromatic carbocycles. The number of carboxylic acid groups (broad SMARTS) is 1. The molecular formula is C15H15NO4. The summed E-state index contributed by atoms with van der Waals surface area (Å²) in [7, 11) is 0. The van der Waals surface area contributed by atoms with E-state index >= 15 is 0 Å². The van der Waals surface area contributed by atoms with Crippen molar-refractivity contribution in [2.45, 2.75) is 20.3 Å². The van der Waals surface area contributed by atoms with Crippen molar-refractivity contribution in [2.75, 3.05) is 4.90 Å². The standard InChI is InChI=1S/C15H15NO4/c1-15(2)9-12(17)16(14(15)20)11-5-3-4-10(8-11)6-7-13(18)19/h3-8H,9H2,1-2H3,(H,18,19). The Labute approximate surface area is 116 Å². The van der Waals surface area contributed by atoms with Gasteiger partial charge in [0, 0.05) is 12.5 Å². The zero-order chi connectivity index (χ0) is 14.9. The largest absolute Gasteiger partial charge is 0.478 e. The summed E-state index contributed by atoms with van der Waals surface area (Å²) < 4.78 is 0. The Bertz CT molecular complexity index is 616. The van der Waals surface area contributed by atoms with E-state index in [1.54, 1.807) is 38.1 Å². The average molecular weight is 273 g/mol. The summed E-state index contributed by atoms with van der Waals surface area (Å²) in [4.78, 5) is 35.8. The molecule has 0 atom stereocenters. The van der Waals surface area contributed by atoms with Crippen LogP contribution < -0.4 is 4.90 Å². The van der Waals surface area contributed by atoms with Crippen LogP contribution in [0.15, 0.2) is 30.3 Å². The zero-order valence-corrected chi connectivity index (χ0v) is 11.3. The quantitative estimate of drug-likeness (QED) is 0.675. The minimum absolute atomic E-state index is 0.182. The van der Waals surface area contributed by atoms with Crippen molar-refractivity contribution in [2.24, 2.45) is 5.41 Å². The predicted molar refractivity (Wildman–Crippen MR) is 74.0 cm³/mol. The third-order valence-electron chi connectivity index (χ3n) is 3.17. The number of hydrogen-bond acceptors (Lipinski definition) is 3. The Morgan fingerprint density at radius 1 is 1.35 bits per heavy atom. The van der Waals surface area contributed by atoms with Crippen LogP contribution in [0.3, 0.4) is 0 Å². The van der Waals surface area contributed by atoms with Crippen LogP contribution in [0.2, 0.25) is 0 Å². The lowest BCUT2D eigenvalue weighted by Crippen LogP contribution is -2.32. The van der Waals surface area contributed by atoms with Gasteiger partial charge in [-0.2, -0.15) is 0 Å². The predicted octanol–water partition coefficient (Wildman–Crippen LogP) is 2.07. The van der Waals surface area contributed by atoms with E-state index < -0.39 is 11.4 Å². The normalized spacial score (nSPS) is 18.0. The van der Waals surface area contributed by atoms with Crippen LogP contribution in [0.25, 0.3) is 6.08 Å². The van der Waals surface area contributed by atoms with Crippen molar-refractivity contribution in [1.29, 1.82) is 0 Å². The monoisotopic (exact) mass is 273 g/mol. The summed E-state index contributed by atoms with van der Waals surface area (Å²) in [5, 5.41) is 8.60. The van der Waals surface area contributed by atoms with Crippen LogP contribution in [0.5, 0.6) is 0 Å². The first kappa shape index (κ1) is 14.0. The number of aliphatic carboxylic acids is 1. The molecule has 0 bridgehead atoms. The van der Waals surface area contributed by atoms with Crippen LogP contribution in [0.4, 0.5) is 5.69 Å². The number of nitrogens with zero attached hydrogens (tertiary/aromatic N) is 1. The molecule has 0 saturated carbocycles. The molecule has 104 valence electrons. The number of carbonyl (C=O) groups excluding carboxylic acids is 2. The van der Waals surface area contributed by atoms with E-state index in [-0.39, 0.29) is 18.2 Å². The van der Waals surface area contributed by atoms with Gasteiger partial charge in [0.15, 0.2) is 0 Å². The lowest BCUT2D eigenvalue weighted by molar-refractivity contribution is -0.131. The molecule has 20 heavy (non-hydrogen) atoms. The number of rotatable bonds is 3. The van der Waals surface area contributed by atoms with Gasteiger partial charge in [0.25, 0.3) is 0 Å². The highest BCUT2D eigenvalue weighted by molar-refractivity contribution is 6.22. The van der Waals surface area contributed by atoms with Gasteiger partial charge in [-0.05, 0) is 23.8 Å². The highest BCUT2D eigenvalue weighted by Crippen LogP contribution is 2.35. The molecule has 1 aliphatic heterocycles. The van der Waals surface area contributed by atoms with Crippen LogP contribution in [-0.2, 0) is 14.4 Å². The first-order valence-electron chi connectivity index (χ1n) is 6.20. The summed E-state index contributed by atoms with van der Waals surface area (Å²) >= 11 is 0. The maximum Gasteiger partial charge on any atom is 0.328 e. The van der Waals surface area contributed by atoms with Gasteiger partial charge in [-0.25, -0.2) is 4.79 Å². The van der Waals surface area contributed by atoms with Crippen LogP contribution in [-0.4, -0.2) is 22.9 Å². The number of carboxylic acids is 1. The molecule has 2 rings (SSSR count). The van der Waals surface area contributed by atoms with E-state index in [9.17, 15) is 14.4 Å². The number of benzene rings is 1. The van der Waals surface area contributed by atoms with E-state index in [0.29, 0.717) is 11.3 Å². The van der Waals surface area contributed by atoms with Gasteiger partial charge >= 0.3 is 5.97 Å². The Hall–Kier alpha value is -2.43. The van der Waals surface area contributed by atoms with E-state index in [0.717, 1.165) is 11.0 Å². The van der Waals surface area contributed by atoms with Crippen molar-refractivity contribution in [3.63, 3.8) is 0 Å². The lowest BCUT2D eigenvalue weighted by Gasteiger charge is -2.18. The van der Waals surface area contributed by atoms with E-state index in [4.69, 9.17) is 5.11 Å². The Kier molecular flexibility index (Phi) is 3.44. The Balaban J connectivity index is 2.35. The van der Waals surface area contributed by atoms with E-state index in [1.165, 1.54) is 6.08 Å². The van der Waals surface area contributed by atoms with Crippen LogP contribution >= 0.6 is 0 Å². The first-order chi connectivity index (χ1) is 9.31. The van der Waals surface area contributed by atoms with Gasteiger partial charge in [-0.3, -0.25) is 14.5 Å². The van der Waals surface area contributed by atoms with Gasteiger partial charge in [-0.1, -0.05) is 26.0 Å². The van der Waals surface area contributed by atoms with E-state index in [2.05, 4.69) is 0 Å². The maximum absolute atomic E-state index is 12.2. The van der Waals surface area contributed by atoms with Crippen molar-refractivity contribution < 1.29 is 19.5 Å². The molecule has 1 fully saturated rings. The number of anilines is 1. The molecule has 2 amide bonds. The summed E-state index contributed by atoms with van der Waals surface area (Å²) in [5.74, 6) is -1.52. The molecule has 1 N–H and O–H groups in total. The van der Waals surface area contributed by atoms with Gasteiger partial charge in [0.2, 0.25) is 11.8 Å². The molecule has 1 aliphatic rings. The Morgan fingerprint density at radius 3 is 2.60 bits per heavy atom. The smallest absolute Gasteiger partial charge is 0.328 e. The second kappa shape index (κ2) is 4.92. The molecule has 5 heteroatoms. The minimum atomic E-state index is -1.05. The molecule has 0 unspecified atom stereocenters. The summed E-state index contributed by atoms with van der Waals surface area (Å²) in [6.45, 7) is 3.48. The van der Waals surface area contributed by atoms with Gasteiger partial charge in [0.1, 0.15) is 0 Å². The third kappa shape index (κ3) is 2.61. The summed E-state index contributed by atoms with van der Waals surface area (Å²) in [6.07, 6.45) is 2.61. The van der Waals surface area contributed by atoms with Crippen molar-refractivity contribution in [3.05, 3.63) is 35.9 Å². The fourth-order valence-electron chi connectivity index (χ4n) is 2.14. The van der Waals surface area contributed by atoms with Gasteiger partial charge in [-0.15, -0.1) is 0 Å². The van der Waals surface area contributed by atoms with Gasteiger partial charge in [0.05, 0.1) is 11.1 Å². The minimum Gasteiger partial charge on any atom is -0.478 e. The topological polar surface area (TPSA) is 74.7 Å². The lowest BCUT2D eigenvalue weighted by atomic mass is 9.92. The molecule has 0 aliphatic carbocycles. The second-order valence-electron chi connectivity index (χ2n) is 5.36. The van der Waals surface area contributed by atoms with Crippen LogP contribution in [0, 0.1) is 5.41 Å². The molecule has 1 heterocycles. The maximum atomic E-state index is 12.2. The second-order valence-corrected chi connectivity index (χ2v) is 5.36. The van der Waals surface area contributed by atoms with Crippen molar-refractivity contribution in [1.82, 2.24) is 0 Å². The Morgan fingerprint density at radius 2 is 2.05 bits per heavy atom. The molecule has 0 radical (unpaired) electrons. The number of hydrogen-bond donors (Lipinski definition) is 1. The fraction of sp³-hybridized carbons (Fsp3) is 0.267. The molecule has 0 aromatic heterocycles. The fourth-order valence-corrected chi connectivity index (χ4v) is 2.14. The SMILES string of the molecule is CC1(C)CC(=O)N(c2cccc(C=CC(=O)O)c2)C1=O. The summed E-state index contributed by atoms with van der Waals surface area (Å²) in [6, 6.07) is 6.67. The van der Waals surface area contributed by atoms with Crippen molar-refractivity contribution in [3.8, 4) is 0 Å². The molecule has 5 nitrogen and oxygen atoms in total. The highest BCUT2D eigenvalue weighted by Gasteiger charge is 2.45. The first-order valence-corrected chi connectivity index (χ1v) is 6.20. The molecule has 1 aromatic rings. The zero-order valence-electron chi connectivity index (χ0n) is 11.3. The van der Waals surface area contributed by atoms with Crippen LogP contribution in [0.1, 0.15) is 25.8 Å². The number of carbonyl (C=O) groups is 3. The molecular weight excluding hydrogens is 258 g/mol.